The number of benzene rings is 1. The Labute approximate surface area is 171 Å². The summed E-state index contributed by atoms with van der Waals surface area (Å²) in [4.78, 5) is 38.6. The summed E-state index contributed by atoms with van der Waals surface area (Å²) in [5.41, 5.74) is -0.260. The van der Waals surface area contributed by atoms with Gasteiger partial charge in [-0.1, -0.05) is 12.1 Å². The number of aliphatic hydroxyl groups is 1. The van der Waals surface area contributed by atoms with E-state index < -0.39 is 36.1 Å². The van der Waals surface area contributed by atoms with Crippen LogP contribution in [0, 0.1) is 0 Å². The third-order valence-electron chi connectivity index (χ3n) is 3.64. The lowest BCUT2D eigenvalue weighted by Crippen LogP contribution is -2.49. The molecule has 1 aromatic carbocycles. The van der Waals surface area contributed by atoms with Crippen molar-refractivity contribution in [2.24, 2.45) is 0 Å². The van der Waals surface area contributed by atoms with Crippen molar-refractivity contribution >= 4 is 17.9 Å². The maximum Gasteiger partial charge on any atom is 0.408 e. The molecule has 0 saturated heterocycles. The predicted molar refractivity (Wildman–Crippen MR) is 107 cm³/mol. The number of amides is 3. The van der Waals surface area contributed by atoms with E-state index >= 15 is 0 Å². The number of aromatic hydroxyl groups is 1. The fourth-order valence-electron chi connectivity index (χ4n) is 2.56. The van der Waals surface area contributed by atoms with E-state index in [9.17, 15) is 24.6 Å². The fourth-order valence-corrected chi connectivity index (χ4v) is 2.56. The van der Waals surface area contributed by atoms with Gasteiger partial charge in [0.2, 0.25) is 11.8 Å². The van der Waals surface area contributed by atoms with Crippen LogP contribution in [-0.2, 0) is 14.3 Å². The molecule has 9 heteroatoms. The molecule has 0 aromatic heterocycles. The number of carbonyl (C=O) groups excluding carboxylic acids is 3. The number of nitrogens with one attached hydrogen (secondary N) is 2. The number of hydrogen-bond acceptors (Lipinski definition) is 6. The molecule has 3 amide bonds. The van der Waals surface area contributed by atoms with Crippen LogP contribution >= 0.6 is 0 Å². The summed E-state index contributed by atoms with van der Waals surface area (Å²) in [6, 6.07) is 4.65. The van der Waals surface area contributed by atoms with Gasteiger partial charge in [0.05, 0.1) is 6.61 Å². The van der Waals surface area contributed by atoms with Gasteiger partial charge in [-0.05, 0) is 52.3 Å². The molecule has 0 spiro atoms. The average molecular weight is 409 g/mol. The molecule has 0 fully saturated rings. The van der Waals surface area contributed by atoms with Crippen LogP contribution in [-0.4, -0.2) is 64.4 Å². The van der Waals surface area contributed by atoms with Crippen LogP contribution in [0.25, 0.3) is 0 Å². The lowest BCUT2D eigenvalue weighted by molar-refractivity contribution is -0.141. The highest BCUT2D eigenvalue weighted by atomic mass is 16.6. The number of alkyl carbamates (subject to hydrolysis) is 1. The van der Waals surface area contributed by atoms with Crippen LogP contribution < -0.4 is 10.6 Å². The molecule has 4 N–H and O–H groups in total. The van der Waals surface area contributed by atoms with E-state index in [0.717, 1.165) is 0 Å². The van der Waals surface area contributed by atoms with Crippen LogP contribution in [0.2, 0.25) is 0 Å². The maximum absolute atomic E-state index is 12.8. The summed E-state index contributed by atoms with van der Waals surface area (Å²) in [5.74, 6) is -0.991. The van der Waals surface area contributed by atoms with E-state index in [1.165, 1.54) is 29.2 Å². The average Bonchev–Trinajstić information content (AvgIpc) is 2.58. The number of phenolic OH excluding ortho intramolecular Hbond substituents is 1. The van der Waals surface area contributed by atoms with E-state index in [4.69, 9.17) is 4.74 Å². The lowest BCUT2D eigenvalue weighted by Gasteiger charge is -2.31. The van der Waals surface area contributed by atoms with Crippen molar-refractivity contribution in [3.05, 3.63) is 29.8 Å². The molecule has 0 aliphatic carbocycles. The van der Waals surface area contributed by atoms with Gasteiger partial charge < -0.3 is 30.5 Å². The topological polar surface area (TPSA) is 128 Å². The van der Waals surface area contributed by atoms with E-state index in [-0.39, 0.29) is 24.9 Å². The smallest absolute Gasteiger partial charge is 0.408 e. The van der Waals surface area contributed by atoms with Gasteiger partial charge in [0.1, 0.15) is 23.9 Å². The van der Waals surface area contributed by atoms with Gasteiger partial charge in [-0.15, -0.1) is 0 Å². The molecule has 9 nitrogen and oxygen atoms in total. The molecule has 1 rings (SSSR count). The Morgan fingerprint density at radius 3 is 2.21 bits per heavy atom. The summed E-state index contributed by atoms with van der Waals surface area (Å²) < 4.78 is 5.11. The first-order chi connectivity index (χ1) is 13.4. The molecule has 0 bridgehead atoms. The van der Waals surface area contributed by atoms with E-state index in [2.05, 4.69) is 10.6 Å². The van der Waals surface area contributed by atoms with Crippen LogP contribution in [0.15, 0.2) is 24.3 Å². The normalized spacial score (nSPS) is 12.2. The van der Waals surface area contributed by atoms with Gasteiger partial charge in [0, 0.05) is 12.6 Å². The van der Waals surface area contributed by atoms with Crippen molar-refractivity contribution in [2.75, 3.05) is 19.7 Å². The van der Waals surface area contributed by atoms with Crippen molar-refractivity contribution in [2.45, 2.75) is 52.3 Å². The zero-order chi connectivity index (χ0) is 22.2. The Morgan fingerprint density at radius 2 is 1.72 bits per heavy atom. The quantitative estimate of drug-likeness (QED) is 0.512. The van der Waals surface area contributed by atoms with Gasteiger partial charge in [-0.2, -0.15) is 0 Å². The largest absolute Gasteiger partial charge is 0.508 e. The van der Waals surface area contributed by atoms with Gasteiger partial charge in [-0.3, -0.25) is 9.59 Å². The van der Waals surface area contributed by atoms with Gasteiger partial charge >= 0.3 is 6.09 Å². The molecular weight excluding hydrogens is 378 g/mol. The summed E-state index contributed by atoms with van der Waals surface area (Å²) >= 11 is 0. The molecule has 0 aliphatic heterocycles. The molecule has 1 unspecified atom stereocenters. The number of phenols is 1. The third-order valence-corrected chi connectivity index (χ3v) is 3.64. The zero-order valence-corrected chi connectivity index (χ0v) is 17.6. The molecular formula is C20H31N3O6. The van der Waals surface area contributed by atoms with E-state index in [1.807, 2.05) is 0 Å². The molecule has 0 heterocycles. The van der Waals surface area contributed by atoms with Crippen molar-refractivity contribution < 1.29 is 29.3 Å². The minimum atomic E-state index is -1.04. The van der Waals surface area contributed by atoms with Crippen molar-refractivity contribution in [3.63, 3.8) is 0 Å². The maximum atomic E-state index is 12.8. The van der Waals surface area contributed by atoms with E-state index in [1.54, 1.807) is 34.6 Å². The fraction of sp³-hybridized carbons (Fsp3) is 0.550. The molecule has 162 valence electrons. The Bertz CT molecular complexity index is 697. The third kappa shape index (κ3) is 8.39. The molecule has 0 radical (unpaired) electrons. The number of carbonyl (C=O) groups is 3. The summed E-state index contributed by atoms with van der Waals surface area (Å²) in [7, 11) is 0. The number of hydrogen-bond donors (Lipinski definition) is 4. The van der Waals surface area contributed by atoms with Crippen LogP contribution in [0.1, 0.15) is 46.2 Å². The standard InChI is InChI=1S/C20H31N3O6/c1-13(2)22-18(27)17(14-6-8-15(25)9-7-14)23(10-11-24)16(26)12-21-19(28)29-20(3,4)5/h6-9,13,17,24-25H,10-12H2,1-5H3,(H,21,28)(H,22,27). The highest BCUT2D eigenvalue weighted by Crippen LogP contribution is 2.23. The Morgan fingerprint density at radius 1 is 1.14 bits per heavy atom. The van der Waals surface area contributed by atoms with Gasteiger partial charge in [-0.25, -0.2) is 4.79 Å². The van der Waals surface area contributed by atoms with Crippen molar-refractivity contribution in [1.82, 2.24) is 15.5 Å². The lowest BCUT2D eigenvalue weighted by atomic mass is 10.0. The SMILES string of the molecule is CC(C)NC(=O)C(c1ccc(O)cc1)N(CCO)C(=O)CNC(=O)OC(C)(C)C. The van der Waals surface area contributed by atoms with Crippen LogP contribution in [0.3, 0.4) is 0 Å². The second-order valence-corrected chi connectivity index (χ2v) is 7.82. The Kier molecular flexibility index (Phi) is 8.90. The van der Waals surface area contributed by atoms with Gasteiger partial charge in [0.25, 0.3) is 0 Å². The van der Waals surface area contributed by atoms with Gasteiger partial charge in [0.15, 0.2) is 0 Å². The molecule has 1 atom stereocenters. The van der Waals surface area contributed by atoms with Crippen molar-refractivity contribution in [3.8, 4) is 5.75 Å². The van der Waals surface area contributed by atoms with Crippen molar-refractivity contribution in [1.29, 1.82) is 0 Å². The van der Waals surface area contributed by atoms with Crippen LogP contribution in [0.5, 0.6) is 5.75 Å². The first-order valence-electron chi connectivity index (χ1n) is 9.41. The predicted octanol–water partition coefficient (Wildman–Crippen LogP) is 1.30. The number of ether oxygens (including phenoxy) is 1. The number of rotatable bonds is 8. The minimum absolute atomic E-state index is 0.0170. The molecule has 0 aliphatic rings. The first-order valence-corrected chi connectivity index (χ1v) is 9.41. The number of nitrogens with zero attached hydrogens (tertiary/aromatic N) is 1. The summed E-state index contributed by atoms with van der Waals surface area (Å²) in [6.07, 6.45) is -0.761. The summed E-state index contributed by atoms with van der Waals surface area (Å²) in [5, 5.41) is 24.1. The van der Waals surface area contributed by atoms with Crippen LogP contribution in [0.4, 0.5) is 4.79 Å². The second-order valence-electron chi connectivity index (χ2n) is 7.82. The zero-order valence-electron chi connectivity index (χ0n) is 17.6. The Hall–Kier alpha value is -2.81. The first kappa shape index (κ1) is 24.2. The highest BCUT2D eigenvalue weighted by Gasteiger charge is 2.31. The molecule has 1 aromatic rings. The second kappa shape index (κ2) is 10.7. The Balaban J connectivity index is 3.08. The number of aliphatic hydroxyl groups excluding tert-OH is 1. The minimum Gasteiger partial charge on any atom is -0.508 e. The summed E-state index contributed by atoms with van der Waals surface area (Å²) in [6.45, 7) is 7.77. The molecule has 0 saturated carbocycles. The monoisotopic (exact) mass is 409 g/mol. The molecule has 29 heavy (non-hydrogen) atoms. The van der Waals surface area contributed by atoms with E-state index in [0.29, 0.717) is 5.56 Å². The highest BCUT2D eigenvalue weighted by molar-refractivity contribution is 5.90.